The molecule has 0 aliphatic rings. The lowest BCUT2D eigenvalue weighted by Crippen LogP contribution is -2.15. The molecule has 4 aromatic rings. The Morgan fingerprint density at radius 3 is 2.55 bits per heavy atom. The number of ether oxygens (including phenoxy) is 1. The second-order valence-corrected chi connectivity index (χ2v) is 8.28. The molecule has 0 atom stereocenters. The van der Waals surface area contributed by atoms with Crippen molar-refractivity contribution in [2.45, 2.75) is 19.8 Å². The van der Waals surface area contributed by atoms with E-state index in [1.54, 1.807) is 19.2 Å². The molecule has 31 heavy (non-hydrogen) atoms. The second-order valence-electron chi connectivity index (χ2n) is 7.17. The molecule has 8 heteroatoms. The first kappa shape index (κ1) is 20.6. The van der Waals surface area contributed by atoms with E-state index in [9.17, 15) is 9.59 Å². The summed E-state index contributed by atoms with van der Waals surface area (Å²) in [5, 5.41) is 13.7. The van der Waals surface area contributed by atoms with E-state index in [0.717, 1.165) is 26.2 Å². The maximum Gasteiger partial charge on any atom is 0.229 e. The number of nitrogens with zero attached hydrogens (tertiary/aromatic N) is 1. The number of carbonyl (C=O) groups is 2. The molecule has 0 saturated carbocycles. The van der Waals surface area contributed by atoms with Gasteiger partial charge >= 0.3 is 0 Å². The Morgan fingerprint density at radius 1 is 1.03 bits per heavy atom. The van der Waals surface area contributed by atoms with E-state index in [4.69, 9.17) is 4.74 Å². The molecule has 2 aromatic carbocycles. The number of hydrogen-bond donors (Lipinski definition) is 3. The SMILES string of the molecule is COc1ccccc1NC(=O)Cc1cc2c(NC(=O)Cc3ccc(C)cc3)[nH]nc2s1. The van der Waals surface area contributed by atoms with Crippen LogP contribution in [0.15, 0.2) is 54.6 Å². The van der Waals surface area contributed by atoms with E-state index in [-0.39, 0.29) is 24.7 Å². The third-order valence-corrected chi connectivity index (χ3v) is 5.80. The fourth-order valence-electron chi connectivity index (χ4n) is 3.22. The number of para-hydroxylation sites is 2. The number of H-pyrrole nitrogens is 1. The first-order valence-corrected chi connectivity index (χ1v) is 10.6. The number of thiophene rings is 1. The molecule has 2 heterocycles. The van der Waals surface area contributed by atoms with Gasteiger partial charge in [-0.1, -0.05) is 42.0 Å². The molecule has 0 aliphatic heterocycles. The quantitative estimate of drug-likeness (QED) is 0.404. The minimum atomic E-state index is -0.151. The van der Waals surface area contributed by atoms with Crippen LogP contribution in [0.25, 0.3) is 10.2 Å². The summed E-state index contributed by atoms with van der Waals surface area (Å²) < 4.78 is 5.27. The maximum atomic E-state index is 12.5. The van der Waals surface area contributed by atoms with Crippen LogP contribution in [0, 0.1) is 6.92 Å². The molecular weight excluding hydrogens is 412 g/mol. The van der Waals surface area contributed by atoms with Crippen LogP contribution in [0.5, 0.6) is 5.75 Å². The summed E-state index contributed by atoms with van der Waals surface area (Å²) in [7, 11) is 1.56. The highest BCUT2D eigenvalue weighted by molar-refractivity contribution is 7.18. The smallest absolute Gasteiger partial charge is 0.229 e. The monoisotopic (exact) mass is 434 g/mol. The predicted molar refractivity (Wildman–Crippen MR) is 123 cm³/mol. The fourth-order valence-corrected chi connectivity index (χ4v) is 4.21. The van der Waals surface area contributed by atoms with Gasteiger partial charge in [0, 0.05) is 4.88 Å². The summed E-state index contributed by atoms with van der Waals surface area (Å²) in [6.45, 7) is 2.01. The Kier molecular flexibility index (Phi) is 5.99. The van der Waals surface area contributed by atoms with Gasteiger partial charge in [0.25, 0.3) is 0 Å². The van der Waals surface area contributed by atoms with Gasteiger partial charge in [-0.3, -0.25) is 14.7 Å². The molecule has 0 radical (unpaired) electrons. The van der Waals surface area contributed by atoms with E-state index in [2.05, 4.69) is 20.8 Å². The van der Waals surface area contributed by atoms with E-state index >= 15 is 0 Å². The van der Waals surface area contributed by atoms with Crippen molar-refractivity contribution in [3.63, 3.8) is 0 Å². The van der Waals surface area contributed by atoms with Crippen molar-refractivity contribution in [3.8, 4) is 5.75 Å². The van der Waals surface area contributed by atoms with Crippen LogP contribution in [-0.4, -0.2) is 29.1 Å². The second kappa shape index (κ2) is 9.01. The Hall–Kier alpha value is -3.65. The number of fused-ring (bicyclic) bond motifs is 1. The predicted octanol–water partition coefficient (Wildman–Crippen LogP) is 4.30. The number of methoxy groups -OCH3 is 1. The van der Waals surface area contributed by atoms with E-state index in [0.29, 0.717) is 17.3 Å². The van der Waals surface area contributed by atoms with E-state index in [1.807, 2.05) is 49.4 Å². The number of aromatic amines is 1. The van der Waals surface area contributed by atoms with Crippen molar-refractivity contribution in [1.82, 2.24) is 10.2 Å². The molecule has 3 N–H and O–H groups in total. The number of amides is 2. The Morgan fingerprint density at radius 2 is 1.77 bits per heavy atom. The number of aromatic nitrogens is 2. The Balaban J connectivity index is 1.41. The third-order valence-electron chi connectivity index (χ3n) is 4.77. The molecule has 0 fully saturated rings. The lowest BCUT2D eigenvalue weighted by Gasteiger charge is -2.09. The van der Waals surface area contributed by atoms with Gasteiger partial charge in [-0.25, -0.2) is 0 Å². The first-order chi connectivity index (χ1) is 15.0. The molecule has 7 nitrogen and oxygen atoms in total. The minimum absolute atomic E-state index is 0.129. The molecule has 2 aromatic heterocycles. The van der Waals surface area contributed by atoms with Crippen LogP contribution in [0.2, 0.25) is 0 Å². The molecule has 158 valence electrons. The van der Waals surface area contributed by atoms with Crippen molar-refractivity contribution in [1.29, 1.82) is 0 Å². The molecule has 0 unspecified atom stereocenters. The van der Waals surface area contributed by atoms with E-state index < -0.39 is 0 Å². The number of carbonyl (C=O) groups excluding carboxylic acids is 2. The van der Waals surface area contributed by atoms with Crippen molar-refractivity contribution < 1.29 is 14.3 Å². The zero-order valence-electron chi connectivity index (χ0n) is 17.2. The minimum Gasteiger partial charge on any atom is -0.495 e. The lowest BCUT2D eigenvalue weighted by molar-refractivity contribution is -0.116. The van der Waals surface area contributed by atoms with Crippen LogP contribution < -0.4 is 15.4 Å². The number of rotatable bonds is 7. The van der Waals surface area contributed by atoms with Crippen LogP contribution in [0.4, 0.5) is 11.5 Å². The number of hydrogen-bond acceptors (Lipinski definition) is 5. The van der Waals surface area contributed by atoms with Crippen molar-refractivity contribution in [2.24, 2.45) is 0 Å². The number of nitrogens with one attached hydrogen (secondary N) is 3. The summed E-state index contributed by atoms with van der Waals surface area (Å²) in [5.41, 5.74) is 2.72. The van der Waals surface area contributed by atoms with Crippen LogP contribution in [0.3, 0.4) is 0 Å². The number of benzene rings is 2. The molecular formula is C23H22N4O3S. The zero-order chi connectivity index (χ0) is 21.8. The molecule has 0 aliphatic carbocycles. The fraction of sp³-hybridized carbons (Fsp3) is 0.174. The van der Waals surface area contributed by atoms with Gasteiger partial charge in [0.2, 0.25) is 11.8 Å². The summed E-state index contributed by atoms with van der Waals surface area (Å²) >= 11 is 1.41. The van der Waals surface area contributed by atoms with E-state index in [1.165, 1.54) is 11.3 Å². The lowest BCUT2D eigenvalue weighted by atomic mass is 10.1. The summed E-state index contributed by atoms with van der Waals surface area (Å²) in [4.78, 5) is 26.5. The molecule has 4 rings (SSSR count). The summed E-state index contributed by atoms with van der Waals surface area (Å²) in [6.07, 6.45) is 0.481. The average molecular weight is 435 g/mol. The van der Waals surface area contributed by atoms with Gasteiger partial charge in [0.1, 0.15) is 16.4 Å². The highest BCUT2D eigenvalue weighted by Crippen LogP contribution is 2.30. The Bertz CT molecular complexity index is 1230. The number of anilines is 2. The zero-order valence-corrected chi connectivity index (χ0v) is 18.0. The Labute approximate surface area is 183 Å². The maximum absolute atomic E-state index is 12.5. The summed E-state index contributed by atoms with van der Waals surface area (Å²) in [6, 6.07) is 17.0. The number of aryl methyl sites for hydroxylation is 1. The largest absolute Gasteiger partial charge is 0.495 e. The molecule has 0 saturated heterocycles. The first-order valence-electron chi connectivity index (χ1n) is 9.77. The van der Waals surface area contributed by atoms with Gasteiger partial charge < -0.3 is 15.4 Å². The standard InChI is InChI=1S/C23H22N4O3S/c1-14-7-9-15(10-8-14)11-20(28)25-22-17-12-16(31-23(17)27-26-22)13-21(29)24-18-5-3-4-6-19(18)30-2/h3-10,12H,11,13H2,1-2H3,(H,24,29)(H2,25,26,27,28). The molecule has 0 spiro atoms. The van der Waals surface area contributed by atoms with Crippen LogP contribution in [0.1, 0.15) is 16.0 Å². The topological polar surface area (TPSA) is 96.1 Å². The highest BCUT2D eigenvalue weighted by Gasteiger charge is 2.15. The van der Waals surface area contributed by atoms with Crippen molar-refractivity contribution >= 4 is 44.9 Å². The third kappa shape index (κ3) is 4.92. The van der Waals surface area contributed by atoms with Gasteiger partial charge in [-0.15, -0.1) is 11.3 Å². The van der Waals surface area contributed by atoms with Gasteiger partial charge in [-0.05, 0) is 30.7 Å². The molecule has 0 bridgehead atoms. The van der Waals surface area contributed by atoms with Crippen molar-refractivity contribution in [2.75, 3.05) is 17.7 Å². The molecule has 2 amide bonds. The van der Waals surface area contributed by atoms with Crippen molar-refractivity contribution in [3.05, 3.63) is 70.6 Å². The normalized spacial score (nSPS) is 10.8. The van der Waals surface area contributed by atoms with Gasteiger partial charge in [-0.2, -0.15) is 5.10 Å². The van der Waals surface area contributed by atoms with Crippen LogP contribution >= 0.6 is 11.3 Å². The van der Waals surface area contributed by atoms with Gasteiger partial charge in [0.05, 0.1) is 31.0 Å². The average Bonchev–Trinajstić information content (AvgIpc) is 3.31. The van der Waals surface area contributed by atoms with Crippen LogP contribution in [-0.2, 0) is 22.4 Å². The highest BCUT2D eigenvalue weighted by atomic mass is 32.1. The van der Waals surface area contributed by atoms with Gasteiger partial charge in [0.15, 0.2) is 0 Å². The summed E-state index contributed by atoms with van der Waals surface area (Å²) in [5.74, 6) is 0.869.